The molecule has 0 aliphatic carbocycles. The van der Waals surface area contributed by atoms with Crippen LogP contribution < -0.4 is 5.04 Å². The van der Waals surface area contributed by atoms with Crippen molar-refractivity contribution in [3.63, 3.8) is 0 Å². The van der Waals surface area contributed by atoms with Crippen LogP contribution in [-0.2, 0) is 23.3 Å². The maximum absolute atomic E-state index is 5.15. The fraction of sp³-hybridized carbons (Fsp3) is 0.636. The highest BCUT2D eigenvalue weighted by molar-refractivity contribution is 7.54. The minimum atomic E-state index is 0.0353. The molecule has 0 N–H and O–H groups in total. The molecule has 1 heterocycles. The number of aryl methyl sites for hydroxylation is 2. The smallest absolute Gasteiger partial charge is 0.0894 e. The van der Waals surface area contributed by atoms with Crippen LogP contribution in [0.15, 0.2) is 16.9 Å². The Morgan fingerprint density at radius 2 is 1.37 bits per heavy atom. The highest BCUT2D eigenvalue weighted by atomic mass is 31.1. The van der Waals surface area contributed by atoms with Gasteiger partial charge in [-0.1, -0.05) is 74.4 Å². The summed E-state index contributed by atoms with van der Waals surface area (Å²) in [6.07, 6.45) is 0. The van der Waals surface area contributed by atoms with E-state index in [1.165, 1.54) is 21.7 Å². The van der Waals surface area contributed by atoms with Crippen molar-refractivity contribution in [1.29, 1.82) is 0 Å². The quantitative estimate of drug-likeness (QED) is 0.484. The highest BCUT2D eigenvalue weighted by Gasteiger charge is 2.29. The number of benzene rings is 1. The van der Waals surface area contributed by atoms with E-state index in [1.54, 1.807) is 0 Å². The zero-order chi connectivity index (χ0) is 20.8. The number of hydrogen-bond acceptors (Lipinski definition) is 2. The monoisotopic (exact) mass is 403 g/mol. The van der Waals surface area contributed by atoms with Gasteiger partial charge in [-0.05, 0) is 39.9 Å². The molecule has 0 atom stereocenters. The van der Waals surface area contributed by atoms with Crippen LogP contribution >= 0.6 is 16.7 Å². The molecule has 0 aliphatic rings. The molecule has 0 spiro atoms. The van der Waals surface area contributed by atoms with Crippen LogP contribution in [0, 0.1) is 6.92 Å². The molecule has 0 saturated carbocycles. The van der Waals surface area contributed by atoms with Crippen molar-refractivity contribution in [2.24, 2.45) is 11.8 Å². The van der Waals surface area contributed by atoms with Gasteiger partial charge in [-0.2, -0.15) is 5.10 Å². The summed E-state index contributed by atoms with van der Waals surface area (Å²) in [6.45, 7) is 22.7. The van der Waals surface area contributed by atoms with E-state index in [-0.39, 0.29) is 16.2 Å². The number of nitrogens with zero attached hydrogens (tertiary/aromatic N) is 3. The van der Waals surface area contributed by atoms with Gasteiger partial charge in [-0.15, -0.1) is 0 Å². The summed E-state index contributed by atoms with van der Waals surface area (Å²) < 4.78 is 7.11. The van der Waals surface area contributed by atoms with Gasteiger partial charge >= 0.3 is 0 Å². The SMILES string of the molecule is Cc1nn(C)pc1P=Nc1c(C(C)(C)C)cc(C(C)(C)C)cc1C(C)(C)C. The predicted molar refractivity (Wildman–Crippen MR) is 122 cm³/mol. The van der Waals surface area contributed by atoms with E-state index in [2.05, 4.69) is 86.5 Å². The molecule has 0 bridgehead atoms. The van der Waals surface area contributed by atoms with Gasteiger partial charge in [-0.3, -0.25) is 0 Å². The van der Waals surface area contributed by atoms with E-state index in [4.69, 9.17) is 4.74 Å². The van der Waals surface area contributed by atoms with Crippen molar-refractivity contribution in [2.75, 3.05) is 0 Å². The second-order valence-corrected chi connectivity index (χ2v) is 12.9. The van der Waals surface area contributed by atoms with Crippen molar-refractivity contribution in [1.82, 2.24) is 9.54 Å². The highest BCUT2D eigenvalue weighted by Crippen LogP contribution is 2.44. The Kier molecular flexibility index (Phi) is 6.11. The summed E-state index contributed by atoms with van der Waals surface area (Å²) in [5, 5.41) is 5.77. The van der Waals surface area contributed by atoms with Gasteiger partial charge in [0.05, 0.1) is 24.8 Å². The number of hydrogen-bond donors (Lipinski definition) is 0. The fourth-order valence-electron chi connectivity index (χ4n) is 3.00. The van der Waals surface area contributed by atoms with E-state index in [0.29, 0.717) is 0 Å². The van der Waals surface area contributed by atoms with Crippen LogP contribution in [-0.4, -0.2) is 9.54 Å². The van der Waals surface area contributed by atoms with E-state index in [0.717, 1.165) is 28.1 Å². The Balaban J connectivity index is 2.78. The van der Waals surface area contributed by atoms with Gasteiger partial charge in [0.2, 0.25) is 0 Å². The molecule has 0 saturated heterocycles. The molecule has 0 radical (unpaired) electrons. The first-order chi connectivity index (χ1) is 12.1. The van der Waals surface area contributed by atoms with E-state index in [9.17, 15) is 0 Å². The molecule has 27 heavy (non-hydrogen) atoms. The Morgan fingerprint density at radius 1 is 0.889 bits per heavy atom. The molecular formula is C22H35N3P2. The third-order valence-corrected chi connectivity index (χ3v) is 6.94. The lowest BCUT2D eigenvalue weighted by Crippen LogP contribution is -2.21. The summed E-state index contributed by atoms with van der Waals surface area (Å²) in [5.41, 5.74) is 6.50. The summed E-state index contributed by atoms with van der Waals surface area (Å²) >= 11 is 0. The van der Waals surface area contributed by atoms with Gasteiger partial charge in [0.25, 0.3) is 0 Å². The number of aromatic nitrogens is 2. The summed E-state index contributed by atoms with van der Waals surface area (Å²) in [4.78, 5) is 0. The first kappa shape index (κ1) is 22.3. The minimum absolute atomic E-state index is 0.0353. The maximum atomic E-state index is 5.15. The van der Waals surface area contributed by atoms with E-state index in [1.807, 2.05) is 11.5 Å². The van der Waals surface area contributed by atoms with Crippen molar-refractivity contribution >= 4 is 27.4 Å². The zero-order valence-electron chi connectivity index (χ0n) is 18.9. The van der Waals surface area contributed by atoms with Crippen molar-refractivity contribution < 1.29 is 0 Å². The molecule has 0 amide bonds. The average molecular weight is 403 g/mol. The second kappa shape index (κ2) is 7.41. The molecule has 0 fully saturated rings. The normalized spacial score (nSPS) is 13.9. The molecule has 5 heteroatoms. The molecular weight excluding hydrogens is 368 g/mol. The van der Waals surface area contributed by atoms with Crippen LogP contribution in [0.25, 0.3) is 0 Å². The zero-order valence-corrected chi connectivity index (χ0v) is 20.7. The molecule has 2 rings (SSSR count). The topological polar surface area (TPSA) is 30.2 Å². The van der Waals surface area contributed by atoms with Gasteiger partial charge in [-0.25, -0.2) is 9.19 Å². The van der Waals surface area contributed by atoms with Gasteiger partial charge < -0.3 is 0 Å². The van der Waals surface area contributed by atoms with Crippen LogP contribution in [0.2, 0.25) is 0 Å². The van der Waals surface area contributed by atoms with Gasteiger partial charge in [0.1, 0.15) is 0 Å². The van der Waals surface area contributed by atoms with Crippen molar-refractivity contribution in [3.05, 3.63) is 34.5 Å². The average Bonchev–Trinajstić information content (AvgIpc) is 2.79. The van der Waals surface area contributed by atoms with Crippen LogP contribution in [0.4, 0.5) is 5.69 Å². The predicted octanol–water partition coefficient (Wildman–Crippen LogP) is 7.29. The Morgan fingerprint density at radius 3 is 1.70 bits per heavy atom. The van der Waals surface area contributed by atoms with Crippen molar-refractivity contribution in [2.45, 2.75) is 85.5 Å². The van der Waals surface area contributed by atoms with E-state index < -0.39 is 0 Å². The van der Waals surface area contributed by atoms with Crippen LogP contribution in [0.5, 0.6) is 0 Å². The third-order valence-electron chi connectivity index (χ3n) is 4.69. The van der Waals surface area contributed by atoms with Gasteiger partial charge in [0, 0.05) is 15.4 Å². The molecule has 0 unspecified atom stereocenters. The molecule has 2 aromatic rings. The standard InChI is InChI=1S/C22H35N3P2/c1-14-19(27-25(11)23-14)26-24-18-16(21(5,6)7)12-15(20(2,3)4)13-17(18)22(8,9)10/h12-13H,1-11H3. The van der Waals surface area contributed by atoms with Crippen LogP contribution in [0.1, 0.15) is 84.7 Å². The second-order valence-electron chi connectivity index (χ2n) is 10.5. The fourth-order valence-corrected chi connectivity index (χ4v) is 4.93. The van der Waals surface area contributed by atoms with E-state index >= 15 is 0 Å². The van der Waals surface area contributed by atoms with Crippen molar-refractivity contribution in [3.8, 4) is 0 Å². The lowest BCUT2D eigenvalue weighted by molar-refractivity contribution is 0.550. The molecule has 1 aromatic carbocycles. The lowest BCUT2D eigenvalue weighted by atomic mass is 9.74. The first-order valence-corrected chi connectivity index (χ1v) is 11.3. The lowest BCUT2D eigenvalue weighted by Gasteiger charge is -2.32. The first-order valence-electron chi connectivity index (χ1n) is 9.60. The molecule has 1 aromatic heterocycles. The molecule has 0 aliphatic heterocycles. The summed E-state index contributed by atoms with van der Waals surface area (Å²) in [5.74, 6) is 0. The summed E-state index contributed by atoms with van der Waals surface area (Å²) in [6, 6.07) is 4.77. The Bertz CT molecular complexity index is 822. The maximum Gasteiger partial charge on any atom is 0.0894 e. The minimum Gasteiger partial charge on any atom is -0.249 e. The summed E-state index contributed by atoms with van der Waals surface area (Å²) in [7, 11) is 4.14. The Labute approximate surface area is 169 Å². The third kappa shape index (κ3) is 5.27. The largest absolute Gasteiger partial charge is 0.249 e. The number of rotatable bonds is 2. The molecule has 148 valence electrons. The molecule has 3 nitrogen and oxygen atoms in total. The Hall–Kier alpha value is -1.04. The van der Waals surface area contributed by atoms with Crippen LogP contribution in [0.3, 0.4) is 0 Å². The van der Waals surface area contributed by atoms with Gasteiger partial charge in [0.15, 0.2) is 0 Å².